The van der Waals surface area contributed by atoms with Crippen molar-refractivity contribution in [3.63, 3.8) is 0 Å². The minimum atomic E-state index is -0.447. The number of quaternary nitrogens is 1. The molecule has 0 aromatic heterocycles. The number of amidine groups is 1. The third-order valence-electron chi connectivity index (χ3n) is 3.05. The standard InChI is InChI=1S/C10H20N4O2/c1-5-12(6-2)13-9(15)11-14(7-3,8-4)10(13)16/h5-8H2,1-4H3. The van der Waals surface area contributed by atoms with E-state index in [2.05, 4.69) is 5.10 Å². The van der Waals surface area contributed by atoms with Crippen molar-refractivity contribution < 1.29 is 14.5 Å². The highest BCUT2D eigenvalue weighted by Crippen LogP contribution is 2.21. The highest BCUT2D eigenvalue weighted by Gasteiger charge is 2.46. The van der Waals surface area contributed by atoms with E-state index >= 15 is 0 Å². The summed E-state index contributed by atoms with van der Waals surface area (Å²) in [5.41, 5.74) is 0. The summed E-state index contributed by atoms with van der Waals surface area (Å²) >= 11 is 0. The maximum atomic E-state index is 12.2. The van der Waals surface area contributed by atoms with Gasteiger partial charge in [0.2, 0.25) is 0 Å². The molecule has 0 atom stereocenters. The molecule has 6 heteroatoms. The van der Waals surface area contributed by atoms with Crippen molar-refractivity contribution in [2.75, 3.05) is 26.2 Å². The Morgan fingerprint density at radius 1 is 1.25 bits per heavy atom. The molecule has 1 heterocycles. The van der Waals surface area contributed by atoms with Crippen LogP contribution in [0.15, 0.2) is 5.10 Å². The van der Waals surface area contributed by atoms with E-state index < -0.39 is 6.02 Å². The molecule has 1 aliphatic heterocycles. The Morgan fingerprint density at radius 3 is 2.06 bits per heavy atom. The summed E-state index contributed by atoms with van der Waals surface area (Å²) < 4.78 is -0.116. The Balaban J connectivity index is 3.02. The average Bonchev–Trinajstić information content (AvgIpc) is 2.55. The van der Waals surface area contributed by atoms with E-state index in [-0.39, 0.29) is 10.6 Å². The fourth-order valence-corrected chi connectivity index (χ4v) is 1.89. The lowest BCUT2D eigenvalue weighted by Gasteiger charge is -2.31. The largest absolute Gasteiger partial charge is 0.841 e. The smallest absolute Gasteiger partial charge is 0.465 e. The lowest BCUT2D eigenvalue weighted by Crippen LogP contribution is -2.56. The number of urea groups is 1. The molecule has 0 aromatic rings. The molecule has 2 amide bonds. The van der Waals surface area contributed by atoms with E-state index in [1.54, 1.807) is 5.01 Å². The number of carbonyl (C=O) groups is 1. The highest BCUT2D eigenvalue weighted by molar-refractivity contribution is 5.90. The predicted octanol–water partition coefficient (Wildman–Crippen LogP) is 0.167. The van der Waals surface area contributed by atoms with Crippen molar-refractivity contribution in [3.8, 4) is 0 Å². The van der Waals surface area contributed by atoms with Crippen LogP contribution in [0, 0.1) is 0 Å². The van der Waals surface area contributed by atoms with E-state index in [1.165, 1.54) is 5.01 Å². The van der Waals surface area contributed by atoms with Gasteiger partial charge in [-0.2, -0.15) is 5.01 Å². The first kappa shape index (κ1) is 12.9. The fourth-order valence-electron chi connectivity index (χ4n) is 1.89. The second-order valence-corrected chi connectivity index (χ2v) is 3.67. The quantitative estimate of drug-likeness (QED) is 0.630. The number of hydrogen-bond donors (Lipinski definition) is 0. The van der Waals surface area contributed by atoms with E-state index in [4.69, 9.17) is 0 Å². The Kier molecular flexibility index (Phi) is 3.88. The Bertz CT molecular complexity index is 295. The molecule has 16 heavy (non-hydrogen) atoms. The van der Waals surface area contributed by atoms with Crippen molar-refractivity contribution in [2.45, 2.75) is 27.7 Å². The second kappa shape index (κ2) is 4.80. The van der Waals surface area contributed by atoms with Gasteiger partial charge < -0.3 is 5.11 Å². The maximum Gasteiger partial charge on any atom is 0.465 e. The van der Waals surface area contributed by atoms with Crippen LogP contribution >= 0.6 is 0 Å². The third-order valence-corrected chi connectivity index (χ3v) is 3.05. The first-order valence-electron chi connectivity index (χ1n) is 5.80. The number of nitrogens with zero attached hydrogens (tertiary/aromatic N) is 4. The summed E-state index contributed by atoms with van der Waals surface area (Å²) in [7, 11) is 0. The molecule has 0 bridgehead atoms. The van der Waals surface area contributed by atoms with Gasteiger partial charge in [0.1, 0.15) is 19.1 Å². The Hall–Kier alpha value is -1.14. The minimum absolute atomic E-state index is 0.116. The van der Waals surface area contributed by atoms with Crippen molar-refractivity contribution in [2.24, 2.45) is 5.10 Å². The SMILES string of the molecule is CCN(CC)N1C(=O)[N+](CC)(CC)N=C1[O-]. The van der Waals surface area contributed by atoms with Gasteiger partial charge in [0, 0.05) is 13.1 Å². The molecule has 6 nitrogen and oxygen atoms in total. The zero-order valence-corrected chi connectivity index (χ0v) is 10.4. The molecular formula is C10H20N4O2. The molecule has 0 radical (unpaired) electrons. The first-order valence-corrected chi connectivity index (χ1v) is 5.80. The van der Waals surface area contributed by atoms with Crippen LogP contribution in [0.1, 0.15) is 27.7 Å². The molecule has 0 aromatic carbocycles. The number of hydrogen-bond acceptors (Lipinski definition) is 4. The van der Waals surface area contributed by atoms with E-state index in [1.807, 2.05) is 27.7 Å². The monoisotopic (exact) mass is 228 g/mol. The molecular weight excluding hydrogens is 208 g/mol. The van der Waals surface area contributed by atoms with Crippen LogP contribution in [0.4, 0.5) is 4.79 Å². The van der Waals surface area contributed by atoms with Crippen molar-refractivity contribution in [3.05, 3.63) is 0 Å². The van der Waals surface area contributed by atoms with Gasteiger partial charge in [-0.15, -0.1) is 4.59 Å². The van der Waals surface area contributed by atoms with Gasteiger partial charge in [0.15, 0.2) is 0 Å². The lowest BCUT2D eigenvalue weighted by atomic mass is 10.5. The molecule has 0 saturated heterocycles. The zero-order valence-electron chi connectivity index (χ0n) is 10.4. The summed E-state index contributed by atoms with van der Waals surface area (Å²) in [5.74, 6) is 0. The second-order valence-electron chi connectivity index (χ2n) is 3.67. The minimum Gasteiger partial charge on any atom is -0.841 e. The van der Waals surface area contributed by atoms with Gasteiger partial charge in [-0.25, -0.2) is 9.80 Å². The van der Waals surface area contributed by atoms with E-state index in [0.29, 0.717) is 26.2 Å². The van der Waals surface area contributed by atoms with Gasteiger partial charge >= 0.3 is 6.03 Å². The normalized spacial score (nSPS) is 19.4. The summed E-state index contributed by atoms with van der Waals surface area (Å²) in [5, 5.41) is 18.6. The molecule has 0 saturated carbocycles. The molecule has 1 rings (SSSR count). The molecule has 0 N–H and O–H groups in total. The van der Waals surface area contributed by atoms with Gasteiger partial charge in [0.05, 0.1) is 0 Å². The molecule has 0 unspecified atom stereocenters. The van der Waals surface area contributed by atoms with Crippen molar-refractivity contribution >= 4 is 12.1 Å². The number of carbonyl (C=O) groups excluding carboxylic acids is 1. The van der Waals surface area contributed by atoms with Gasteiger partial charge in [-0.1, -0.05) is 18.9 Å². The Labute approximate surface area is 96.3 Å². The molecule has 0 spiro atoms. The molecule has 92 valence electrons. The maximum absolute atomic E-state index is 12.2. The number of hydrazine groups is 1. The highest BCUT2D eigenvalue weighted by atomic mass is 16.3. The fraction of sp³-hybridized carbons (Fsp3) is 0.800. The van der Waals surface area contributed by atoms with Crippen LogP contribution in [0.25, 0.3) is 0 Å². The lowest BCUT2D eigenvalue weighted by molar-refractivity contribution is -0.852. The van der Waals surface area contributed by atoms with Gasteiger partial charge in [0.25, 0.3) is 0 Å². The molecule has 0 aliphatic carbocycles. The van der Waals surface area contributed by atoms with E-state index in [9.17, 15) is 9.90 Å². The van der Waals surface area contributed by atoms with E-state index in [0.717, 1.165) is 0 Å². The van der Waals surface area contributed by atoms with Gasteiger partial charge in [-0.3, -0.25) is 0 Å². The first-order chi connectivity index (χ1) is 7.56. The van der Waals surface area contributed by atoms with Gasteiger partial charge in [-0.05, 0) is 13.8 Å². The van der Waals surface area contributed by atoms with Crippen LogP contribution in [-0.2, 0) is 0 Å². The van der Waals surface area contributed by atoms with Crippen molar-refractivity contribution in [1.82, 2.24) is 10.0 Å². The van der Waals surface area contributed by atoms with Crippen LogP contribution in [0.5, 0.6) is 0 Å². The van der Waals surface area contributed by atoms with Crippen LogP contribution < -0.4 is 5.11 Å². The number of rotatable bonds is 5. The molecule has 1 aliphatic rings. The van der Waals surface area contributed by atoms with Crippen LogP contribution in [0.3, 0.4) is 0 Å². The average molecular weight is 228 g/mol. The topological polar surface area (TPSA) is 59.0 Å². The summed E-state index contributed by atoms with van der Waals surface area (Å²) in [6.07, 6.45) is 0. The predicted molar refractivity (Wildman–Crippen MR) is 58.9 cm³/mol. The summed E-state index contributed by atoms with van der Waals surface area (Å²) in [6, 6.07) is -0.684. The van der Waals surface area contributed by atoms with Crippen LogP contribution in [0.2, 0.25) is 0 Å². The zero-order chi connectivity index (χ0) is 12.3. The summed E-state index contributed by atoms with van der Waals surface area (Å²) in [6.45, 7) is 9.82. The molecule has 0 fully saturated rings. The third kappa shape index (κ3) is 1.78. The Morgan fingerprint density at radius 2 is 1.75 bits per heavy atom. The summed E-state index contributed by atoms with van der Waals surface area (Å²) in [4.78, 5) is 12.2. The number of amides is 2. The van der Waals surface area contributed by atoms with Crippen molar-refractivity contribution in [1.29, 1.82) is 0 Å². The van der Waals surface area contributed by atoms with Crippen LogP contribution in [-0.4, -0.2) is 52.8 Å².